The Morgan fingerprint density at radius 3 is 2.51 bits per heavy atom. The van der Waals surface area contributed by atoms with Crippen LogP contribution in [-0.2, 0) is 24.3 Å². The molecule has 2 aromatic carbocycles. The summed E-state index contributed by atoms with van der Waals surface area (Å²) in [5, 5.41) is 13.7. The molecular formula is C23H24N6O5S. The van der Waals surface area contributed by atoms with Crippen molar-refractivity contribution in [2.75, 3.05) is 25.0 Å². The van der Waals surface area contributed by atoms with E-state index in [-0.39, 0.29) is 16.3 Å². The zero-order chi connectivity index (χ0) is 24.8. The summed E-state index contributed by atoms with van der Waals surface area (Å²) in [6.45, 7) is 2.00. The lowest BCUT2D eigenvalue weighted by atomic mass is 10.2. The lowest BCUT2D eigenvalue weighted by Gasteiger charge is -2.16. The molecular weight excluding hydrogens is 472 g/mol. The number of hydrogen-bond acceptors (Lipinski definition) is 8. The van der Waals surface area contributed by atoms with Crippen molar-refractivity contribution < 1.29 is 22.7 Å². The number of nitrogens with zero attached hydrogens (tertiary/aromatic N) is 5. The molecule has 0 saturated carbocycles. The molecule has 1 aromatic heterocycles. The zero-order valence-corrected chi connectivity index (χ0v) is 19.8. The second kappa shape index (κ2) is 10.6. The van der Waals surface area contributed by atoms with E-state index in [1.807, 2.05) is 18.2 Å². The molecule has 1 fully saturated rings. The number of amides is 1. The van der Waals surface area contributed by atoms with E-state index < -0.39 is 28.5 Å². The Hall–Kier alpha value is -3.90. The fraction of sp³-hybridized carbons (Fsp3) is 0.261. The van der Waals surface area contributed by atoms with Crippen LogP contribution in [0.4, 0.5) is 5.69 Å². The summed E-state index contributed by atoms with van der Waals surface area (Å²) in [7, 11) is -3.63. The number of carbonyl (C=O) groups is 2. The highest BCUT2D eigenvalue weighted by atomic mass is 32.2. The van der Waals surface area contributed by atoms with E-state index in [9.17, 15) is 18.0 Å². The predicted octanol–water partition coefficient (Wildman–Crippen LogP) is 1.95. The maximum absolute atomic E-state index is 12.8. The van der Waals surface area contributed by atoms with Crippen molar-refractivity contribution in [2.24, 2.45) is 0 Å². The molecule has 11 nitrogen and oxygen atoms in total. The molecule has 4 rings (SSSR count). The third kappa shape index (κ3) is 5.78. The molecule has 3 aromatic rings. The van der Waals surface area contributed by atoms with E-state index in [0.29, 0.717) is 18.9 Å². The van der Waals surface area contributed by atoms with E-state index in [2.05, 4.69) is 20.8 Å². The Bertz CT molecular complexity index is 1350. The number of tetrazole rings is 1. The van der Waals surface area contributed by atoms with E-state index >= 15 is 0 Å². The van der Waals surface area contributed by atoms with Gasteiger partial charge in [-0.2, -0.15) is 8.99 Å². The molecule has 2 heterocycles. The Labute approximate surface area is 202 Å². The average molecular weight is 497 g/mol. The molecule has 0 atom stereocenters. The van der Waals surface area contributed by atoms with Gasteiger partial charge >= 0.3 is 5.97 Å². The van der Waals surface area contributed by atoms with Gasteiger partial charge in [0.15, 0.2) is 18.1 Å². The first kappa shape index (κ1) is 24.2. The summed E-state index contributed by atoms with van der Waals surface area (Å²) >= 11 is 0. The minimum absolute atomic E-state index is 0.0326. The minimum atomic E-state index is -3.63. The van der Waals surface area contributed by atoms with Gasteiger partial charge in [0.05, 0.1) is 4.90 Å². The van der Waals surface area contributed by atoms with Crippen molar-refractivity contribution in [1.82, 2.24) is 24.5 Å². The van der Waals surface area contributed by atoms with Crippen molar-refractivity contribution in [2.45, 2.75) is 24.7 Å². The summed E-state index contributed by atoms with van der Waals surface area (Å²) in [4.78, 5) is 25.4. The largest absolute Gasteiger partial charge is 0.451 e. The van der Waals surface area contributed by atoms with Gasteiger partial charge in [0, 0.05) is 18.8 Å². The molecule has 12 heteroatoms. The number of aryl methyl sites for hydroxylation is 1. The third-order valence-corrected chi connectivity index (χ3v) is 7.22. The van der Waals surface area contributed by atoms with Gasteiger partial charge < -0.3 is 10.1 Å². The fourth-order valence-corrected chi connectivity index (χ4v) is 5.15. The number of aromatic nitrogens is 4. The molecule has 1 aliphatic rings. The van der Waals surface area contributed by atoms with Crippen LogP contribution in [0.3, 0.4) is 0 Å². The van der Waals surface area contributed by atoms with Crippen molar-refractivity contribution in [3.63, 3.8) is 0 Å². The molecule has 0 unspecified atom stereocenters. The monoisotopic (exact) mass is 496 g/mol. The van der Waals surface area contributed by atoms with Gasteiger partial charge in [-0.1, -0.05) is 36.4 Å². The van der Waals surface area contributed by atoms with Gasteiger partial charge in [0.25, 0.3) is 5.91 Å². The van der Waals surface area contributed by atoms with Crippen LogP contribution in [0.1, 0.15) is 24.2 Å². The van der Waals surface area contributed by atoms with Crippen LogP contribution in [0.25, 0.3) is 11.8 Å². The molecule has 1 aliphatic heterocycles. The number of nitrogens with one attached hydrogen (secondary N) is 1. The molecule has 0 aliphatic carbocycles. The quantitative estimate of drug-likeness (QED) is 0.369. The number of sulfonamides is 1. The van der Waals surface area contributed by atoms with Crippen molar-refractivity contribution in [3.8, 4) is 0 Å². The number of rotatable bonds is 8. The van der Waals surface area contributed by atoms with Gasteiger partial charge in [-0.15, -0.1) is 5.10 Å². The van der Waals surface area contributed by atoms with E-state index in [0.717, 1.165) is 18.4 Å². The Morgan fingerprint density at radius 1 is 1.09 bits per heavy atom. The second-order valence-corrected chi connectivity index (χ2v) is 9.78. The molecule has 1 N–H and O–H groups in total. The highest BCUT2D eigenvalue weighted by molar-refractivity contribution is 7.89. The van der Waals surface area contributed by atoms with Crippen LogP contribution >= 0.6 is 0 Å². The summed E-state index contributed by atoms with van der Waals surface area (Å²) in [5.74, 6) is -1.06. The first-order chi connectivity index (χ1) is 16.8. The van der Waals surface area contributed by atoms with Crippen LogP contribution in [0.2, 0.25) is 0 Å². The van der Waals surface area contributed by atoms with Crippen LogP contribution < -0.4 is 5.32 Å². The van der Waals surface area contributed by atoms with Gasteiger partial charge in [0.1, 0.15) is 0 Å². The zero-order valence-electron chi connectivity index (χ0n) is 19.0. The van der Waals surface area contributed by atoms with E-state index in [1.165, 1.54) is 21.1 Å². The van der Waals surface area contributed by atoms with E-state index in [4.69, 9.17) is 4.74 Å². The number of ether oxygens (including phenoxy) is 1. The SMILES string of the molecule is Cc1nnnn1/C(=C\c1ccccc1)C(=O)OCC(=O)Nc1cccc(S(=O)(=O)N2CCCC2)c1. The molecule has 182 valence electrons. The second-order valence-electron chi connectivity index (χ2n) is 7.84. The van der Waals surface area contributed by atoms with Gasteiger partial charge in [0.2, 0.25) is 10.0 Å². The Balaban J connectivity index is 1.44. The fourth-order valence-electron chi connectivity index (χ4n) is 3.58. The first-order valence-corrected chi connectivity index (χ1v) is 12.4. The minimum Gasteiger partial charge on any atom is -0.451 e. The summed E-state index contributed by atoms with van der Waals surface area (Å²) in [5.41, 5.74) is 1.03. The van der Waals surface area contributed by atoms with Crippen LogP contribution in [-0.4, -0.2) is 64.5 Å². The topological polar surface area (TPSA) is 136 Å². The molecule has 1 saturated heterocycles. The Kier molecular flexibility index (Phi) is 7.32. The van der Waals surface area contributed by atoms with E-state index in [1.54, 1.807) is 37.3 Å². The molecule has 35 heavy (non-hydrogen) atoms. The summed E-state index contributed by atoms with van der Waals surface area (Å²) in [6, 6.07) is 15.0. The van der Waals surface area contributed by atoms with Crippen molar-refractivity contribution in [3.05, 3.63) is 66.0 Å². The van der Waals surface area contributed by atoms with Crippen LogP contribution in [0.15, 0.2) is 59.5 Å². The lowest BCUT2D eigenvalue weighted by molar-refractivity contribution is -0.141. The van der Waals surface area contributed by atoms with Gasteiger partial charge in [-0.05, 0) is 60.0 Å². The first-order valence-electron chi connectivity index (χ1n) is 10.9. The average Bonchev–Trinajstić information content (AvgIpc) is 3.54. The molecule has 0 spiro atoms. The highest BCUT2D eigenvalue weighted by Crippen LogP contribution is 2.23. The number of anilines is 1. The van der Waals surface area contributed by atoms with Crippen LogP contribution in [0, 0.1) is 6.92 Å². The maximum atomic E-state index is 12.8. The normalized spacial score (nSPS) is 14.6. The standard InChI is InChI=1S/C23H24N6O5S/c1-17-25-26-27-29(17)21(14-18-8-3-2-4-9-18)23(31)34-16-22(30)24-19-10-7-11-20(15-19)35(32,33)28-12-5-6-13-28/h2-4,7-11,14-15H,5-6,12-13,16H2,1H3,(H,24,30)/b21-14-. The highest BCUT2D eigenvalue weighted by Gasteiger charge is 2.27. The summed E-state index contributed by atoms with van der Waals surface area (Å²) < 4.78 is 33.4. The maximum Gasteiger partial charge on any atom is 0.357 e. The number of esters is 1. The van der Waals surface area contributed by atoms with Crippen molar-refractivity contribution in [1.29, 1.82) is 0 Å². The molecule has 0 bridgehead atoms. The third-order valence-electron chi connectivity index (χ3n) is 5.32. The molecule has 0 radical (unpaired) electrons. The van der Waals surface area contributed by atoms with Crippen LogP contribution in [0.5, 0.6) is 0 Å². The predicted molar refractivity (Wildman–Crippen MR) is 127 cm³/mol. The number of carbonyl (C=O) groups excluding carboxylic acids is 2. The number of hydrogen-bond donors (Lipinski definition) is 1. The smallest absolute Gasteiger partial charge is 0.357 e. The molecule has 1 amide bonds. The van der Waals surface area contributed by atoms with Gasteiger partial charge in [-0.25, -0.2) is 13.2 Å². The Morgan fingerprint density at radius 2 is 1.83 bits per heavy atom. The summed E-state index contributed by atoms with van der Waals surface area (Å²) in [6.07, 6.45) is 3.20. The van der Waals surface area contributed by atoms with Gasteiger partial charge in [-0.3, -0.25) is 4.79 Å². The van der Waals surface area contributed by atoms with Crippen molar-refractivity contribution >= 4 is 39.4 Å². The number of benzene rings is 2. The lowest BCUT2D eigenvalue weighted by Crippen LogP contribution is -2.28.